The Morgan fingerprint density at radius 2 is 1.79 bits per heavy atom. The Morgan fingerprint density at radius 1 is 1.04 bits per heavy atom. The Bertz CT molecular complexity index is 800. The summed E-state index contributed by atoms with van der Waals surface area (Å²) in [5.74, 6) is 0.602. The summed E-state index contributed by atoms with van der Waals surface area (Å²) in [7, 11) is -3.49. The molecule has 1 saturated heterocycles. The molecule has 0 unspecified atom stereocenters. The lowest BCUT2D eigenvalue weighted by atomic mass is 10.2. The van der Waals surface area contributed by atoms with Gasteiger partial charge in [0.05, 0.1) is 11.1 Å². The maximum atomic E-state index is 12.9. The molecular formula is C17H20N4O2S. The zero-order valence-electron chi connectivity index (χ0n) is 13.3. The van der Waals surface area contributed by atoms with Crippen molar-refractivity contribution in [1.82, 2.24) is 9.29 Å². The average molecular weight is 344 g/mol. The number of hydrazone groups is 1. The maximum absolute atomic E-state index is 12.9. The molecular weight excluding hydrogens is 324 g/mol. The van der Waals surface area contributed by atoms with Crippen molar-refractivity contribution >= 4 is 22.1 Å². The molecule has 0 saturated carbocycles. The Labute approximate surface area is 142 Å². The number of aromatic nitrogens is 1. The molecule has 1 aliphatic rings. The van der Waals surface area contributed by atoms with E-state index in [0.29, 0.717) is 29.4 Å². The molecule has 126 valence electrons. The molecule has 0 spiro atoms. The number of anilines is 1. The van der Waals surface area contributed by atoms with Crippen molar-refractivity contribution < 1.29 is 8.42 Å². The van der Waals surface area contributed by atoms with Crippen LogP contribution in [0.25, 0.3) is 0 Å². The van der Waals surface area contributed by atoms with Crippen LogP contribution in [0.3, 0.4) is 0 Å². The van der Waals surface area contributed by atoms with Crippen molar-refractivity contribution in [3.05, 3.63) is 54.2 Å². The molecule has 3 rings (SSSR count). The van der Waals surface area contributed by atoms with Gasteiger partial charge < -0.3 is 0 Å². The highest BCUT2D eigenvalue weighted by molar-refractivity contribution is 7.89. The molecule has 24 heavy (non-hydrogen) atoms. The number of rotatable bonds is 5. The van der Waals surface area contributed by atoms with Gasteiger partial charge >= 0.3 is 0 Å². The van der Waals surface area contributed by atoms with Crippen LogP contribution >= 0.6 is 0 Å². The van der Waals surface area contributed by atoms with Gasteiger partial charge in [-0.15, -0.1) is 0 Å². The minimum atomic E-state index is -3.49. The highest BCUT2D eigenvalue weighted by atomic mass is 32.2. The third-order valence-electron chi connectivity index (χ3n) is 3.90. The smallest absolute Gasteiger partial charge is 0.243 e. The predicted octanol–water partition coefficient (Wildman–Crippen LogP) is 2.70. The first-order valence-corrected chi connectivity index (χ1v) is 9.41. The van der Waals surface area contributed by atoms with Gasteiger partial charge in [0.15, 0.2) is 0 Å². The number of hydrogen-bond donors (Lipinski definition) is 1. The molecule has 7 heteroatoms. The molecule has 1 aromatic carbocycles. The standard InChI is InChI=1S/C17H20N4O2S/c22-24(23,21-12-6-1-7-13-21)16-9-3-2-8-15(16)14-19-20-17-10-4-5-11-18-17/h2-5,8-11,14H,1,6-7,12-13H2,(H,18,20). The lowest BCUT2D eigenvalue weighted by molar-refractivity contribution is 0.346. The van der Waals surface area contributed by atoms with Crippen LogP contribution in [-0.4, -0.2) is 37.0 Å². The van der Waals surface area contributed by atoms with Crippen molar-refractivity contribution in [3.8, 4) is 0 Å². The van der Waals surface area contributed by atoms with E-state index < -0.39 is 10.0 Å². The van der Waals surface area contributed by atoms with Crippen molar-refractivity contribution in [3.63, 3.8) is 0 Å². The van der Waals surface area contributed by atoms with E-state index in [1.807, 2.05) is 12.1 Å². The molecule has 2 aromatic rings. The fraction of sp³-hybridized carbons (Fsp3) is 0.294. The number of benzene rings is 1. The van der Waals surface area contributed by atoms with Gasteiger partial charge in [0.2, 0.25) is 10.0 Å². The van der Waals surface area contributed by atoms with Crippen LogP contribution in [0, 0.1) is 0 Å². The van der Waals surface area contributed by atoms with Crippen molar-refractivity contribution in [2.75, 3.05) is 18.5 Å². The molecule has 0 atom stereocenters. The molecule has 1 aromatic heterocycles. The summed E-state index contributed by atoms with van der Waals surface area (Å²) in [6.07, 6.45) is 6.09. The van der Waals surface area contributed by atoms with Crippen LogP contribution in [-0.2, 0) is 10.0 Å². The number of nitrogens with one attached hydrogen (secondary N) is 1. The molecule has 1 N–H and O–H groups in total. The predicted molar refractivity (Wildman–Crippen MR) is 94.5 cm³/mol. The number of hydrogen-bond acceptors (Lipinski definition) is 5. The minimum absolute atomic E-state index is 0.290. The third-order valence-corrected chi connectivity index (χ3v) is 5.87. The summed E-state index contributed by atoms with van der Waals surface area (Å²) in [4.78, 5) is 4.39. The second kappa shape index (κ2) is 7.55. The van der Waals surface area contributed by atoms with E-state index in [4.69, 9.17) is 0 Å². The van der Waals surface area contributed by atoms with Gasteiger partial charge in [-0.2, -0.15) is 9.41 Å². The second-order valence-corrected chi connectivity index (χ2v) is 7.49. The quantitative estimate of drug-likeness (QED) is 0.668. The molecule has 0 aliphatic carbocycles. The summed E-state index contributed by atoms with van der Waals surface area (Å²) in [6.45, 7) is 1.17. The lowest BCUT2D eigenvalue weighted by Gasteiger charge is -2.26. The molecule has 2 heterocycles. The summed E-state index contributed by atoms with van der Waals surface area (Å²) in [6, 6.07) is 12.4. The molecule has 0 bridgehead atoms. The largest absolute Gasteiger partial charge is 0.261 e. The Balaban J connectivity index is 1.82. The topological polar surface area (TPSA) is 74.7 Å². The Kier molecular flexibility index (Phi) is 5.22. The minimum Gasteiger partial charge on any atom is -0.261 e. The fourth-order valence-electron chi connectivity index (χ4n) is 2.66. The monoisotopic (exact) mass is 344 g/mol. The van der Waals surface area contributed by atoms with Gasteiger partial charge in [-0.05, 0) is 31.0 Å². The summed E-state index contributed by atoms with van der Waals surface area (Å²) in [5, 5.41) is 4.11. The van der Waals surface area contributed by atoms with Gasteiger partial charge in [-0.25, -0.2) is 13.4 Å². The van der Waals surface area contributed by atoms with Crippen molar-refractivity contribution in [2.45, 2.75) is 24.2 Å². The molecule has 0 amide bonds. The Morgan fingerprint density at radius 3 is 2.54 bits per heavy atom. The van der Waals surface area contributed by atoms with Crippen LogP contribution in [0.5, 0.6) is 0 Å². The number of sulfonamides is 1. The van der Waals surface area contributed by atoms with E-state index in [1.54, 1.807) is 40.8 Å². The second-order valence-electron chi connectivity index (χ2n) is 5.59. The Hall–Kier alpha value is -2.25. The van der Waals surface area contributed by atoms with E-state index in [9.17, 15) is 8.42 Å². The molecule has 0 radical (unpaired) electrons. The van der Waals surface area contributed by atoms with Crippen LogP contribution in [0.2, 0.25) is 0 Å². The lowest BCUT2D eigenvalue weighted by Crippen LogP contribution is -2.36. The number of nitrogens with zero attached hydrogens (tertiary/aromatic N) is 3. The first kappa shape index (κ1) is 16.6. The zero-order chi connectivity index (χ0) is 16.8. The highest BCUT2D eigenvalue weighted by Crippen LogP contribution is 2.22. The first-order chi connectivity index (χ1) is 11.7. The van der Waals surface area contributed by atoms with Crippen LogP contribution in [0.1, 0.15) is 24.8 Å². The van der Waals surface area contributed by atoms with Gasteiger partial charge in [0, 0.05) is 24.8 Å². The molecule has 1 fully saturated rings. The fourth-order valence-corrected chi connectivity index (χ4v) is 4.35. The SMILES string of the molecule is O=S(=O)(c1ccccc1C=NNc1ccccn1)N1CCCCC1. The summed E-state index contributed by atoms with van der Waals surface area (Å²) >= 11 is 0. The average Bonchev–Trinajstić information content (AvgIpc) is 2.64. The summed E-state index contributed by atoms with van der Waals surface area (Å²) < 4.78 is 27.3. The van der Waals surface area contributed by atoms with Crippen molar-refractivity contribution in [2.24, 2.45) is 5.10 Å². The van der Waals surface area contributed by atoms with Gasteiger partial charge in [0.25, 0.3) is 0 Å². The van der Waals surface area contributed by atoms with Crippen LogP contribution in [0.4, 0.5) is 5.82 Å². The first-order valence-electron chi connectivity index (χ1n) is 7.97. The van der Waals surface area contributed by atoms with E-state index in [-0.39, 0.29) is 0 Å². The van der Waals surface area contributed by atoms with E-state index >= 15 is 0 Å². The zero-order valence-corrected chi connectivity index (χ0v) is 14.1. The van der Waals surface area contributed by atoms with E-state index in [1.165, 1.54) is 6.21 Å². The highest BCUT2D eigenvalue weighted by Gasteiger charge is 2.27. The van der Waals surface area contributed by atoms with Crippen LogP contribution in [0.15, 0.2) is 58.7 Å². The normalized spacial score (nSPS) is 16.3. The van der Waals surface area contributed by atoms with Crippen molar-refractivity contribution in [1.29, 1.82) is 0 Å². The van der Waals surface area contributed by atoms with Crippen LogP contribution < -0.4 is 5.43 Å². The number of pyridine rings is 1. The molecule has 6 nitrogen and oxygen atoms in total. The molecule has 1 aliphatic heterocycles. The van der Waals surface area contributed by atoms with Gasteiger partial charge in [-0.3, -0.25) is 5.43 Å². The van der Waals surface area contributed by atoms with Gasteiger partial charge in [-0.1, -0.05) is 30.7 Å². The third kappa shape index (κ3) is 3.80. The van der Waals surface area contributed by atoms with Gasteiger partial charge in [0.1, 0.15) is 5.82 Å². The summed E-state index contributed by atoms with van der Waals surface area (Å²) in [5.41, 5.74) is 3.36. The van der Waals surface area contributed by atoms with E-state index in [0.717, 1.165) is 19.3 Å². The van der Waals surface area contributed by atoms with E-state index in [2.05, 4.69) is 15.5 Å². The maximum Gasteiger partial charge on any atom is 0.243 e. The number of piperidine rings is 1.